The van der Waals surface area contributed by atoms with E-state index in [-0.39, 0.29) is 12.5 Å². The molecule has 0 aliphatic carbocycles. The van der Waals surface area contributed by atoms with Crippen LogP contribution >= 0.6 is 0 Å². The predicted octanol–water partition coefficient (Wildman–Crippen LogP) is 4.42. The summed E-state index contributed by atoms with van der Waals surface area (Å²) >= 11 is 0. The van der Waals surface area contributed by atoms with Crippen molar-refractivity contribution in [2.75, 3.05) is 27.4 Å². The van der Waals surface area contributed by atoms with Crippen molar-refractivity contribution in [3.63, 3.8) is 0 Å². The van der Waals surface area contributed by atoms with Gasteiger partial charge in [-0.25, -0.2) is 0 Å². The van der Waals surface area contributed by atoms with Gasteiger partial charge in [-0.3, -0.25) is 4.79 Å². The Balaban J connectivity index is 1.79. The van der Waals surface area contributed by atoms with E-state index in [1.165, 1.54) is 11.1 Å². The first-order valence-electron chi connectivity index (χ1n) is 10.2. The Morgan fingerprint density at radius 1 is 0.966 bits per heavy atom. The molecule has 0 radical (unpaired) electrons. The van der Waals surface area contributed by atoms with Crippen LogP contribution in [0.1, 0.15) is 37.8 Å². The summed E-state index contributed by atoms with van der Waals surface area (Å²) < 4.78 is 16.3. The summed E-state index contributed by atoms with van der Waals surface area (Å²) in [5, 5.41) is 2.89. The highest BCUT2D eigenvalue weighted by atomic mass is 16.5. The van der Waals surface area contributed by atoms with E-state index in [0.29, 0.717) is 12.5 Å². The second-order valence-electron chi connectivity index (χ2n) is 7.51. The monoisotopic (exact) mass is 399 g/mol. The quantitative estimate of drug-likeness (QED) is 0.574. The van der Waals surface area contributed by atoms with Gasteiger partial charge in [0, 0.05) is 6.54 Å². The summed E-state index contributed by atoms with van der Waals surface area (Å²) in [5.41, 5.74) is 2.41. The first kappa shape index (κ1) is 22.6. The smallest absolute Gasteiger partial charge is 0.257 e. The maximum atomic E-state index is 11.9. The molecule has 0 fully saturated rings. The zero-order chi connectivity index (χ0) is 21.1. The molecule has 2 rings (SSSR count). The summed E-state index contributed by atoms with van der Waals surface area (Å²) in [4.78, 5) is 11.9. The van der Waals surface area contributed by atoms with Crippen molar-refractivity contribution >= 4 is 5.91 Å². The fourth-order valence-electron chi connectivity index (χ4n) is 3.02. The van der Waals surface area contributed by atoms with E-state index >= 15 is 0 Å². The molecule has 0 unspecified atom stereocenters. The fourth-order valence-corrected chi connectivity index (χ4v) is 3.02. The number of methoxy groups -OCH3 is 2. The molecule has 5 heteroatoms. The van der Waals surface area contributed by atoms with Gasteiger partial charge in [-0.2, -0.15) is 0 Å². The highest BCUT2D eigenvalue weighted by molar-refractivity contribution is 5.77. The molecule has 0 saturated carbocycles. The van der Waals surface area contributed by atoms with Crippen LogP contribution in [-0.4, -0.2) is 33.3 Å². The van der Waals surface area contributed by atoms with E-state index in [4.69, 9.17) is 14.2 Å². The lowest BCUT2D eigenvalue weighted by Crippen LogP contribution is -2.30. The third-order valence-corrected chi connectivity index (χ3v) is 4.69. The molecule has 2 aromatic carbocycles. The van der Waals surface area contributed by atoms with Gasteiger partial charge in [0.25, 0.3) is 5.91 Å². The van der Waals surface area contributed by atoms with Gasteiger partial charge < -0.3 is 19.5 Å². The lowest BCUT2D eigenvalue weighted by atomic mass is 10.0. The number of carbonyl (C=O) groups is 1. The number of rotatable bonds is 12. The van der Waals surface area contributed by atoms with Crippen LogP contribution < -0.4 is 19.5 Å². The zero-order valence-electron chi connectivity index (χ0n) is 18.0. The number of hydrogen-bond donors (Lipinski definition) is 1. The second kappa shape index (κ2) is 12.0. The molecule has 1 N–H and O–H groups in total. The maximum Gasteiger partial charge on any atom is 0.257 e. The SMILES string of the molecule is COc1ccc(CCCc2cccc(OCC(=O)NCCC(C)C)c2)cc1OC. The third kappa shape index (κ3) is 8.06. The number of ether oxygens (including phenoxy) is 3. The van der Waals surface area contributed by atoms with Crippen molar-refractivity contribution in [2.24, 2.45) is 5.92 Å². The molecule has 0 spiro atoms. The summed E-state index contributed by atoms with van der Waals surface area (Å²) in [6, 6.07) is 14.0. The van der Waals surface area contributed by atoms with E-state index in [9.17, 15) is 4.79 Å². The largest absolute Gasteiger partial charge is 0.493 e. The summed E-state index contributed by atoms with van der Waals surface area (Å²) in [7, 11) is 3.29. The van der Waals surface area contributed by atoms with Gasteiger partial charge in [0.2, 0.25) is 0 Å². The van der Waals surface area contributed by atoms with Crippen LogP contribution in [0, 0.1) is 5.92 Å². The van der Waals surface area contributed by atoms with Gasteiger partial charge in [-0.15, -0.1) is 0 Å². The number of nitrogens with one attached hydrogen (secondary N) is 1. The van der Waals surface area contributed by atoms with Crippen molar-refractivity contribution in [3.8, 4) is 17.2 Å². The van der Waals surface area contributed by atoms with E-state index < -0.39 is 0 Å². The molecule has 0 bridgehead atoms. The normalized spacial score (nSPS) is 10.7. The minimum Gasteiger partial charge on any atom is -0.493 e. The van der Waals surface area contributed by atoms with Crippen molar-refractivity contribution in [2.45, 2.75) is 39.5 Å². The fraction of sp³-hybridized carbons (Fsp3) is 0.458. The molecule has 158 valence electrons. The molecule has 1 amide bonds. The summed E-state index contributed by atoms with van der Waals surface area (Å²) in [6.45, 7) is 5.02. The van der Waals surface area contributed by atoms with Gasteiger partial charge in [-0.05, 0) is 67.0 Å². The van der Waals surface area contributed by atoms with E-state index in [1.54, 1.807) is 14.2 Å². The topological polar surface area (TPSA) is 56.8 Å². The van der Waals surface area contributed by atoms with Crippen LogP contribution in [0.5, 0.6) is 17.2 Å². The number of aryl methyl sites for hydroxylation is 2. The van der Waals surface area contributed by atoms with E-state index in [0.717, 1.165) is 42.9 Å². The van der Waals surface area contributed by atoms with Crippen LogP contribution in [0.3, 0.4) is 0 Å². The molecule has 0 aliphatic heterocycles. The molecular weight excluding hydrogens is 366 g/mol. The highest BCUT2D eigenvalue weighted by Gasteiger charge is 2.06. The molecule has 29 heavy (non-hydrogen) atoms. The molecule has 0 heterocycles. The lowest BCUT2D eigenvalue weighted by molar-refractivity contribution is -0.123. The lowest BCUT2D eigenvalue weighted by Gasteiger charge is -2.11. The number of amides is 1. The highest BCUT2D eigenvalue weighted by Crippen LogP contribution is 2.28. The molecular formula is C24H33NO4. The van der Waals surface area contributed by atoms with Gasteiger partial charge in [0.05, 0.1) is 14.2 Å². The Kier molecular flexibility index (Phi) is 9.35. The van der Waals surface area contributed by atoms with Crippen LogP contribution in [0.4, 0.5) is 0 Å². The molecule has 0 saturated heterocycles. The van der Waals surface area contributed by atoms with Crippen LogP contribution in [0.15, 0.2) is 42.5 Å². The van der Waals surface area contributed by atoms with E-state index in [1.807, 2.05) is 30.3 Å². The Hall–Kier alpha value is -2.69. The number of hydrogen-bond acceptors (Lipinski definition) is 4. The number of carbonyl (C=O) groups excluding carboxylic acids is 1. The first-order valence-corrected chi connectivity index (χ1v) is 10.2. The maximum absolute atomic E-state index is 11.9. The summed E-state index contributed by atoms with van der Waals surface area (Å²) in [5.74, 6) is 2.73. The van der Waals surface area contributed by atoms with Crippen LogP contribution in [0.2, 0.25) is 0 Å². The van der Waals surface area contributed by atoms with Gasteiger partial charge >= 0.3 is 0 Å². The Morgan fingerprint density at radius 2 is 1.69 bits per heavy atom. The zero-order valence-corrected chi connectivity index (χ0v) is 18.0. The Labute approximate surface area is 174 Å². The molecule has 2 aromatic rings. The Bertz CT molecular complexity index is 773. The minimum atomic E-state index is -0.0792. The van der Waals surface area contributed by atoms with Gasteiger partial charge in [0.15, 0.2) is 18.1 Å². The van der Waals surface area contributed by atoms with Gasteiger partial charge in [0.1, 0.15) is 5.75 Å². The number of benzene rings is 2. The summed E-state index contributed by atoms with van der Waals surface area (Å²) in [6.07, 6.45) is 3.87. The van der Waals surface area contributed by atoms with Crippen molar-refractivity contribution in [1.82, 2.24) is 5.32 Å². The van der Waals surface area contributed by atoms with Crippen LogP contribution in [-0.2, 0) is 17.6 Å². The predicted molar refractivity (Wildman–Crippen MR) is 116 cm³/mol. The molecule has 0 aliphatic rings. The van der Waals surface area contributed by atoms with Gasteiger partial charge in [-0.1, -0.05) is 32.0 Å². The van der Waals surface area contributed by atoms with Crippen LogP contribution in [0.25, 0.3) is 0 Å². The first-order chi connectivity index (χ1) is 14.0. The molecule has 0 aromatic heterocycles. The standard InChI is InChI=1S/C24H33NO4/c1-18(2)13-14-25-24(26)17-29-21-10-6-9-19(15-21)7-5-8-20-11-12-22(27-3)23(16-20)28-4/h6,9-12,15-16,18H,5,7-8,13-14,17H2,1-4H3,(H,25,26). The van der Waals surface area contributed by atoms with Crippen molar-refractivity contribution in [1.29, 1.82) is 0 Å². The molecule has 5 nitrogen and oxygen atoms in total. The minimum absolute atomic E-state index is 0.0488. The molecule has 0 atom stereocenters. The Morgan fingerprint density at radius 3 is 2.38 bits per heavy atom. The van der Waals surface area contributed by atoms with Crippen molar-refractivity contribution < 1.29 is 19.0 Å². The van der Waals surface area contributed by atoms with E-state index in [2.05, 4.69) is 31.3 Å². The average Bonchev–Trinajstić information content (AvgIpc) is 2.72. The third-order valence-electron chi connectivity index (χ3n) is 4.69. The average molecular weight is 400 g/mol. The second-order valence-corrected chi connectivity index (χ2v) is 7.51. The van der Waals surface area contributed by atoms with Crippen molar-refractivity contribution in [3.05, 3.63) is 53.6 Å².